The highest BCUT2D eigenvalue weighted by Gasteiger charge is 2.33. The first-order valence-corrected chi connectivity index (χ1v) is 6.64. The molecule has 22 heavy (non-hydrogen) atoms. The summed E-state index contributed by atoms with van der Waals surface area (Å²) >= 11 is 0. The van der Waals surface area contributed by atoms with Crippen LogP contribution in [0.15, 0.2) is 42.7 Å². The van der Waals surface area contributed by atoms with Crippen molar-refractivity contribution in [1.29, 1.82) is 0 Å². The first-order chi connectivity index (χ1) is 10.4. The van der Waals surface area contributed by atoms with E-state index in [0.29, 0.717) is 29.9 Å². The van der Waals surface area contributed by atoms with Gasteiger partial charge in [-0.15, -0.1) is 0 Å². The van der Waals surface area contributed by atoms with Crippen LogP contribution in [-0.2, 0) is 12.6 Å². The summed E-state index contributed by atoms with van der Waals surface area (Å²) in [7, 11) is 0. The van der Waals surface area contributed by atoms with E-state index in [2.05, 4.69) is 10.3 Å². The molecule has 1 aliphatic heterocycles. The molecule has 2 heterocycles. The molecule has 3 rings (SSSR count). The maximum absolute atomic E-state index is 12.7. The summed E-state index contributed by atoms with van der Waals surface area (Å²) in [4.78, 5) is 17.5. The van der Waals surface area contributed by atoms with Crippen molar-refractivity contribution in [2.24, 2.45) is 0 Å². The van der Waals surface area contributed by atoms with Crippen molar-refractivity contribution in [1.82, 2.24) is 4.98 Å². The lowest BCUT2D eigenvalue weighted by Crippen LogP contribution is -2.33. The smallest absolute Gasteiger partial charge is 0.306 e. The first kappa shape index (κ1) is 14.4. The quantitative estimate of drug-likeness (QED) is 0.873. The molecule has 114 valence electrons. The third-order valence-corrected chi connectivity index (χ3v) is 3.46. The van der Waals surface area contributed by atoms with Gasteiger partial charge >= 0.3 is 12.2 Å². The number of anilines is 2. The zero-order valence-corrected chi connectivity index (χ0v) is 11.4. The molecular formula is C15H12F3N3O. The highest BCUT2D eigenvalue weighted by atomic mass is 19.4. The molecule has 0 spiro atoms. The van der Waals surface area contributed by atoms with E-state index < -0.39 is 11.7 Å². The second-order valence-corrected chi connectivity index (χ2v) is 4.91. The maximum atomic E-state index is 12.7. The number of hydrogen-bond donors (Lipinski definition) is 1. The molecule has 0 fully saturated rings. The molecule has 0 saturated heterocycles. The van der Waals surface area contributed by atoms with Crippen LogP contribution in [0.2, 0.25) is 0 Å². The number of halogens is 3. The largest absolute Gasteiger partial charge is 0.416 e. The van der Waals surface area contributed by atoms with Crippen molar-refractivity contribution in [2.75, 3.05) is 16.8 Å². The van der Waals surface area contributed by atoms with Gasteiger partial charge in [-0.1, -0.05) is 0 Å². The van der Waals surface area contributed by atoms with Crippen molar-refractivity contribution in [2.45, 2.75) is 12.6 Å². The van der Waals surface area contributed by atoms with Gasteiger partial charge in [0, 0.05) is 18.4 Å². The number of rotatable bonds is 1. The van der Waals surface area contributed by atoms with Gasteiger partial charge in [-0.05, 0) is 42.3 Å². The van der Waals surface area contributed by atoms with Gasteiger partial charge in [-0.25, -0.2) is 4.79 Å². The minimum atomic E-state index is -4.37. The Kier molecular flexibility index (Phi) is 3.48. The minimum absolute atomic E-state index is 0.350. The Morgan fingerprint density at radius 2 is 2.09 bits per heavy atom. The number of urea groups is 1. The normalized spacial score (nSPS) is 13.9. The Bertz CT molecular complexity index is 701. The predicted molar refractivity (Wildman–Crippen MR) is 75.7 cm³/mol. The fourth-order valence-corrected chi connectivity index (χ4v) is 2.42. The van der Waals surface area contributed by atoms with Crippen molar-refractivity contribution in [3.8, 4) is 0 Å². The van der Waals surface area contributed by atoms with Gasteiger partial charge < -0.3 is 5.32 Å². The fourth-order valence-electron chi connectivity index (χ4n) is 2.42. The molecule has 0 bridgehead atoms. The Labute approximate surface area is 124 Å². The molecule has 1 aliphatic rings. The van der Waals surface area contributed by atoms with E-state index in [4.69, 9.17) is 0 Å². The van der Waals surface area contributed by atoms with E-state index in [1.165, 1.54) is 17.2 Å². The minimum Gasteiger partial charge on any atom is -0.306 e. The topological polar surface area (TPSA) is 45.2 Å². The van der Waals surface area contributed by atoms with Gasteiger partial charge in [0.2, 0.25) is 0 Å². The first-order valence-electron chi connectivity index (χ1n) is 6.64. The number of fused-ring (bicyclic) bond motifs is 1. The molecule has 4 nitrogen and oxygen atoms in total. The van der Waals surface area contributed by atoms with Crippen LogP contribution in [0.1, 0.15) is 11.1 Å². The standard InChI is InChI=1S/C15H12F3N3O/c16-15(17,18)11-3-4-13-10(8-11)5-7-21(13)14(22)20-12-2-1-6-19-9-12/h1-4,6,8-9H,5,7H2,(H,20,22). The zero-order chi connectivity index (χ0) is 15.7. The van der Waals surface area contributed by atoms with E-state index in [9.17, 15) is 18.0 Å². The highest BCUT2D eigenvalue weighted by Crippen LogP contribution is 2.35. The number of carbonyl (C=O) groups is 1. The predicted octanol–water partition coefficient (Wildman–Crippen LogP) is 3.70. The van der Waals surface area contributed by atoms with Crippen LogP contribution in [0.4, 0.5) is 29.3 Å². The van der Waals surface area contributed by atoms with Crippen molar-refractivity contribution in [3.63, 3.8) is 0 Å². The summed E-state index contributed by atoms with van der Waals surface area (Å²) in [6, 6.07) is 6.43. The number of pyridine rings is 1. The van der Waals surface area contributed by atoms with E-state index in [1.807, 2.05) is 0 Å². The number of nitrogens with zero attached hydrogens (tertiary/aromatic N) is 2. The Morgan fingerprint density at radius 1 is 1.27 bits per heavy atom. The number of aromatic nitrogens is 1. The summed E-state index contributed by atoms with van der Waals surface area (Å²) in [6.07, 6.45) is -0.888. The molecule has 0 aliphatic carbocycles. The van der Waals surface area contributed by atoms with Gasteiger partial charge in [0.25, 0.3) is 0 Å². The zero-order valence-electron chi connectivity index (χ0n) is 11.4. The number of carbonyl (C=O) groups excluding carboxylic acids is 1. The van der Waals surface area contributed by atoms with Crippen LogP contribution in [-0.4, -0.2) is 17.6 Å². The maximum Gasteiger partial charge on any atom is 0.416 e. The lowest BCUT2D eigenvalue weighted by atomic mass is 10.1. The van der Waals surface area contributed by atoms with E-state index in [0.717, 1.165) is 12.1 Å². The van der Waals surface area contributed by atoms with E-state index in [1.54, 1.807) is 18.3 Å². The molecule has 1 aromatic carbocycles. The van der Waals surface area contributed by atoms with Crippen LogP contribution in [0, 0.1) is 0 Å². The lowest BCUT2D eigenvalue weighted by molar-refractivity contribution is -0.137. The third kappa shape index (κ3) is 2.74. The van der Waals surface area contributed by atoms with Gasteiger partial charge in [0.15, 0.2) is 0 Å². The summed E-state index contributed by atoms with van der Waals surface area (Å²) in [6.45, 7) is 0.350. The van der Waals surface area contributed by atoms with Gasteiger partial charge in [0.05, 0.1) is 17.4 Å². The SMILES string of the molecule is O=C(Nc1cccnc1)N1CCc2cc(C(F)(F)F)ccc21. The molecule has 0 saturated carbocycles. The Balaban J connectivity index is 1.81. The number of amides is 2. The van der Waals surface area contributed by atoms with Crippen LogP contribution in [0.25, 0.3) is 0 Å². The molecule has 0 radical (unpaired) electrons. The number of hydrogen-bond acceptors (Lipinski definition) is 2. The molecule has 0 unspecified atom stereocenters. The summed E-state index contributed by atoms with van der Waals surface area (Å²) in [5.41, 5.74) is 0.874. The average Bonchev–Trinajstić information content (AvgIpc) is 2.90. The molecule has 2 aromatic rings. The van der Waals surface area contributed by atoms with Crippen LogP contribution in [0.5, 0.6) is 0 Å². The summed E-state index contributed by atoms with van der Waals surface area (Å²) < 4.78 is 38.1. The molecule has 2 amide bonds. The molecule has 0 atom stereocenters. The second-order valence-electron chi connectivity index (χ2n) is 4.91. The van der Waals surface area contributed by atoms with Crippen molar-refractivity contribution >= 4 is 17.4 Å². The Morgan fingerprint density at radius 3 is 2.77 bits per heavy atom. The van der Waals surface area contributed by atoms with Crippen LogP contribution >= 0.6 is 0 Å². The third-order valence-electron chi connectivity index (χ3n) is 3.46. The van der Waals surface area contributed by atoms with Gasteiger partial charge in [-0.2, -0.15) is 13.2 Å². The van der Waals surface area contributed by atoms with E-state index >= 15 is 0 Å². The second kappa shape index (κ2) is 5.32. The average molecular weight is 307 g/mol. The molecule has 7 heteroatoms. The monoisotopic (exact) mass is 307 g/mol. The highest BCUT2D eigenvalue weighted by molar-refractivity contribution is 6.03. The van der Waals surface area contributed by atoms with Gasteiger partial charge in [0.1, 0.15) is 0 Å². The van der Waals surface area contributed by atoms with Gasteiger partial charge in [-0.3, -0.25) is 9.88 Å². The Hall–Kier alpha value is -2.57. The molecule has 1 N–H and O–H groups in total. The number of benzene rings is 1. The fraction of sp³-hybridized carbons (Fsp3) is 0.200. The van der Waals surface area contributed by atoms with E-state index in [-0.39, 0.29) is 6.03 Å². The van der Waals surface area contributed by atoms with Crippen LogP contribution in [0.3, 0.4) is 0 Å². The van der Waals surface area contributed by atoms with Crippen molar-refractivity contribution in [3.05, 3.63) is 53.9 Å². The molecule has 1 aromatic heterocycles. The summed E-state index contributed by atoms with van der Waals surface area (Å²) in [5.74, 6) is 0. The van der Waals surface area contributed by atoms with Crippen LogP contribution < -0.4 is 10.2 Å². The van der Waals surface area contributed by atoms with Crippen molar-refractivity contribution < 1.29 is 18.0 Å². The lowest BCUT2D eigenvalue weighted by Gasteiger charge is -2.18. The number of nitrogens with one attached hydrogen (secondary N) is 1. The summed E-state index contributed by atoms with van der Waals surface area (Å²) in [5, 5.41) is 2.67. The number of alkyl halides is 3. The molecular weight excluding hydrogens is 295 g/mol.